The lowest BCUT2D eigenvalue weighted by molar-refractivity contribution is 0.230. The van der Waals surface area contributed by atoms with Crippen LogP contribution in [0.1, 0.15) is 38.1 Å². The molecule has 5 nitrogen and oxygen atoms in total. The number of nitrogens with one attached hydrogen (secondary N) is 1. The molecule has 2 rings (SSSR count). The number of aromatic nitrogens is 1. The summed E-state index contributed by atoms with van der Waals surface area (Å²) < 4.78 is 5.39. The van der Waals surface area contributed by atoms with E-state index in [1.807, 2.05) is 0 Å². The van der Waals surface area contributed by atoms with Crippen LogP contribution >= 0.6 is 0 Å². The minimum absolute atomic E-state index is 0.471. The summed E-state index contributed by atoms with van der Waals surface area (Å²) in [6.07, 6.45) is 2.72. The number of nitrogens with zero attached hydrogens (tertiary/aromatic N) is 3. The van der Waals surface area contributed by atoms with Crippen molar-refractivity contribution in [1.82, 2.24) is 20.3 Å². The van der Waals surface area contributed by atoms with Gasteiger partial charge in [-0.15, -0.1) is 0 Å². The highest BCUT2D eigenvalue weighted by atomic mass is 16.5. The van der Waals surface area contributed by atoms with Crippen LogP contribution in [0.2, 0.25) is 0 Å². The molecule has 5 heteroatoms. The molecule has 0 radical (unpaired) electrons. The zero-order valence-electron chi connectivity index (χ0n) is 13.1. The van der Waals surface area contributed by atoms with Gasteiger partial charge in [-0.05, 0) is 33.0 Å². The van der Waals surface area contributed by atoms with E-state index in [0.717, 1.165) is 37.6 Å². The van der Waals surface area contributed by atoms with Crippen LogP contribution in [0.15, 0.2) is 10.6 Å². The highest BCUT2D eigenvalue weighted by Gasteiger charge is 2.13. The highest BCUT2D eigenvalue weighted by Crippen LogP contribution is 2.09. The van der Waals surface area contributed by atoms with Gasteiger partial charge in [-0.1, -0.05) is 19.0 Å². The molecule has 2 heterocycles. The lowest BCUT2D eigenvalue weighted by Gasteiger charge is -2.20. The van der Waals surface area contributed by atoms with Crippen LogP contribution in [-0.2, 0) is 13.1 Å². The summed E-state index contributed by atoms with van der Waals surface area (Å²) in [7, 11) is 2.14. The minimum atomic E-state index is 0.471. The maximum atomic E-state index is 5.39. The van der Waals surface area contributed by atoms with E-state index in [1.54, 1.807) is 0 Å². The van der Waals surface area contributed by atoms with Crippen LogP contribution in [-0.4, -0.2) is 54.2 Å². The van der Waals surface area contributed by atoms with Crippen molar-refractivity contribution in [2.24, 2.45) is 0 Å². The molecule has 114 valence electrons. The second-order valence-electron chi connectivity index (χ2n) is 6.11. The summed E-state index contributed by atoms with van der Waals surface area (Å²) in [5.41, 5.74) is 0.988. The van der Waals surface area contributed by atoms with Gasteiger partial charge in [-0.25, -0.2) is 0 Å². The Morgan fingerprint density at radius 3 is 2.85 bits per heavy atom. The molecule has 0 aromatic carbocycles. The second-order valence-corrected chi connectivity index (χ2v) is 6.11. The molecule has 1 saturated heterocycles. The first-order valence-electron chi connectivity index (χ1n) is 7.72. The predicted octanol–water partition coefficient (Wildman–Crippen LogP) is 1.70. The first kappa shape index (κ1) is 15.5. The number of hydrogen-bond donors (Lipinski definition) is 1. The molecule has 1 aromatic heterocycles. The Hall–Kier alpha value is -0.910. The first-order valence-corrected chi connectivity index (χ1v) is 7.72. The Balaban J connectivity index is 1.69. The summed E-state index contributed by atoms with van der Waals surface area (Å²) in [4.78, 5) is 4.84. The number of likely N-dealkylation sites (N-methyl/N-ethyl adjacent to an activating group) is 1. The predicted molar refractivity (Wildman–Crippen MR) is 80.5 cm³/mol. The topological polar surface area (TPSA) is 44.5 Å². The average molecular weight is 280 g/mol. The van der Waals surface area contributed by atoms with E-state index in [-0.39, 0.29) is 0 Å². The van der Waals surface area contributed by atoms with Crippen LogP contribution in [0.3, 0.4) is 0 Å². The fraction of sp³-hybridized carbons (Fsp3) is 0.800. The zero-order valence-corrected chi connectivity index (χ0v) is 13.1. The maximum absolute atomic E-state index is 5.39. The normalized spacial score (nSPS) is 16.6. The van der Waals surface area contributed by atoms with E-state index in [2.05, 4.69) is 47.2 Å². The standard InChI is InChI=1S/C15H28N4O/c1-13(2)16-11-14-10-15(20-17-14)12-18(3)8-9-19-6-4-5-7-19/h10,13,16H,4-9,11-12H2,1-3H3. The van der Waals surface area contributed by atoms with Crippen LogP contribution in [0.25, 0.3) is 0 Å². The van der Waals surface area contributed by atoms with Crippen LogP contribution < -0.4 is 5.32 Å². The van der Waals surface area contributed by atoms with E-state index < -0.39 is 0 Å². The van der Waals surface area contributed by atoms with Crippen molar-refractivity contribution < 1.29 is 4.52 Å². The Labute approximate surface area is 122 Å². The number of hydrogen-bond acceptors (Lipinski definition) is 5. The van der Waals surface area contributed by atoms with Gasteiger partial charge in [-0.2, -0.15) is 0 Å². The third-order valence-corrected chi connectivity index (χ3v) is 3.72. The molecular weight excluding hydrogens is 252 g/mol. The molecule has 0 atom stereocenters. The smallest absolute Gasteiger partial charge is 0.151 e. The summed E-state index contributed by atoms with van der Waals surface area (Å²) in [6, 6.07) is 2.53. The van der Waals surface area contributed by atoms with Gasteiger partial charge in [0.2, 0.25) is 0 Å². The van der Waals surface area contributed by atoms with Crippen LogP contribution in [0, 0.1) is 0 Å². The molecule has 1 fully saturated rings. The highest BCUT2D eigenvalue weighted by molar-refractivity contribution is 5.05. The van der Waals surface area contributed by atoms with E-state index in [9.17, 15) is 0 Å². The van der Waals surface area contributed by atoms with Gasteiger partial charge in [-0.3, -0.25) is 4.90 Å². The SMILES string of the molecule is CC(C)NCc1cc(CN(C)CCN2CCCC2)on1. The quantitative estimate of drug-likeness (QED) is 0.785. The largest absolute Gasteiger partial charge is 0.360 e. The zero-order chi connectivity index (χ0) is 14.4. The van der Waals surface area contributed by atoms with Gasteiger partial charge in [0.05, 0.1) is 12.2 Å². The molecule has 0 spiro atoms. The minimum Gasteiger partial charge on any atom is -0.360 e. The van der Waals surface area contributed by atoms with E-state index in [4.69, 9.17) is 4.52 Å². The molecule has 0 amide bonds. The molecule has 0 saturated carbocycles. The fourth-order valence-electron chi connectivity index (χ4n) is 2.49. The average Bonchev–Trinajstić information content (AvgIpc) is 3.05. The third kappa shape index (κ3) is 5.23. The Kier molecular flexibility index (Phi) is 6.01. The van der Waals surface area contributed by atoms with Gasteiger partial charge < -0.3 is 14.7 Å². The van der Waals surface area contributed by atoms with Crippen molar-refractivity contribution in [2.75, 3.05) is 33.2 Å². The van der Waals surface area contributed by atoms with Crippen molar-refractivity contribution >= 4 is 0 Å². The molecule has 1 aromatic rings. The van der Waals surface area contributed by atoms with Crippen LogP contribution in [0.4, 0.5) is 0 Å². The van der Waals surface area contributed by atoms with Gasteiger partial charge in [0.1, 0.15) is 0 Å². The van der Waals surface area contributed by atoms with Crippen molar-refractivity contribution in [3.05, 3.63) is 17.5 Å². The Morgan fingerprint density at radius 2 is 2.15 bits per heavy atom. The van der Waals surface area contributed by atoms with Crippen molar-refractivity contribution in [3.63, 3.8) is 0 Å². The molecule has 1 aliphatic heterocycles. The van der Waals surface area contributed by atoms with E-state index in [1.165, 1.54) is 25.9 Å². The fourth-order valence-corrected chi connectivity index (χ4v) is 2.49. The van der Waals surface area contributed by atoms with E-state index >= 15 is 0 Å². The molecule has 0 aliphatic carbocycles. The third-order valence-electron chi connectivity index (χ3n) is 3.72. The van der Waals surface area contributed by atoms with Gasteiger partial charge in [0.25, 0.3) is 0 Å². The summed E-state index contributed by atoms with van der Waals surface area (Å²) in [5.74, 6) is 0.953. The second kappa shape index (κ2) is 7.76. The first-order chi connectivity index (χ1) is 9.63. The number of rotatable bonds is 8. The van der Waals surface area contributed by atoms with Crippen LogP contribution in [0.5, 0.6) is 0 Å². The van der Waals surface area contributed by atoms with Gasteiger partial charge >= 0.3 is 0 Å². The van der Waals surface area contributed by atoms with Crippen molar-refractivity contribution in [3.8, 4) is 0 Å². The summed E-state index contributed by atoms with van der Waals surface area (Å²) >= 11 is 0. The molecular formula is C15H28N4O. The molecule has 1 N–H and O–H groups in total. The molecule has 1 aliphatic rings. The monoisotopic (exact) mass is 280 g/mol. The Bertz CT molecular complexity index is 385. The van der Waals surface area contributed by atoms with Gasteiger partial charge in [0.15, 0.2) is 5.76 Å². The number of likely N-dealkylation sites (tertiary alicyclic amines) is 1. The Morgan fingerprint density at radius 1 is 1.40 bits per heavy atom. The van der Waals surface area contributed by atoms with Crippen molar-refractivity contribution in [1.29, 1.82) is 0 Å². The molecule has 0 bridgehead atoms. The molecule has 0 unspecified atom stereocenters. The maximum Gasteiger partial charge on any atom is 0.151 e. The summed E-state index contributed by atoms with van der Waals surface area (Å²) in [6.45, 7) is 10.6. The van der Waals surface area contributed by atoms with Gasteiger partial charge in [0, 0.05) is 31.7 Å². The molecule has 20 heavy (non-hydrogen) atoms. The lowest BCUT2D eigenvalue weighted by Crippen LogP contribution is -2.31. The van der Waals surface area contributed by atoms with Crippen molar-refractivity contribution in [2.45, 2.75) is 45.8 Å². The summed E-state index contributed by atoms with van der Waals surface area (Å²) in [5, 5.41) is 7.45. The van der Waals surface area contributed by atoms with E-state index in [0.29, 0.717) is 6.04 Å². The lowest BCUT2D eigenvalue weighted by atomic mass is 10.3.